The number of thioether (sulfide) groups is 1. The molecule has 0 amide bonds. The van der Waals surface area contributed by atoms with E-state index in [9.17, 15) is 4.79 Å². The second-order valence-electron chi connectivity index (χ2n) is 7.40. The molecule has 0 bridgehead atoms. The van der Waals surface area contributed by atoms with Gasteiger partial charge in [-0.2, -0.15) is 0 Å². The van der Waals surface area contributed by atoms with Crippen LogP contribution >= 0.6 is 11.8 Å². The molecular weight excluding hydrogens is 424 g/mol. The van der Waals surface area contributed by atoms with E-state index in [2.05, 4.69) is 15.3 Å². The predicted octanol–water partition coefficient (Wildman–Crippen LogP) is 5.02. The molecule has 0 atom stereocenters. The summed E-state index contributed by atoms with van der Waals surface area (Å²) in [6.45, 7) is 0.418. The number of oxazole rings is 1. The Bertz CT molecular complexity index is 1620. The number of hydrogen-bond acceptors (Lipinski definition) is 7. The van der Waals surface area contributed by atoms with E-state index in [-0.39, 0.29) is 5.63 Å². The summed E-state index contributed by atoms with van der Waals surface area (Å²) in [5.41, 5.74) is 3.45. The smallest absolute Gasteiger partial charge is 0.336 e. The van der Waals surface area contributed by atoms with Crippen molar-refractivity contribution in [1.82, 2.24) is 20.0 Å². The molecule has 3 aromatic carbocycles. The molecule has 0 fully saturated rings. The van der Waals surface area contributed by atoms with Crippen LogP contribution in [0.1, 0.15) is 11.3 Å². The number of para-hydroxylation sites is 2. The summed E-state index contributed by atoms with van der Waals surface area (Å²) in [4.78, 5) is 16.7. The Kier molecular flexibility index (Phi) is 4.50. The molecule has 0 saturated carbocycles. The van der Waals surface area contributed by atoms with Gasteiger partial charge in [0.05, 0.1) is 12.2 Å². The summed E-state index contributed by atoms with van der Waals surface area (Å²) >= 11 is 1.47. The molecule has 0 N–H and O–H groups in total. The number of rotatable bonds is 5. The van der Waals surface area contributed by atoms with Crippen LogP contribution in [-0.2, 0) is 12.3 Å². The molecule has 3 aromatic heterocycles. The van der Waals surface area contributed by atoms with E-state index < -0.39 is 0 Å². The Morgan fingerprint density at radius 1 is 0.938 bits per heavy atom. The lowest BCUT2D eigenvalue weighted by Gasteiger charge is -2.07. The maximum atomic E-state index is 12.2. The fourth-order valence-electron chi connectivity index (χ4n) is 3.79. The van der Waals surface area contributed by atoms with Crippen molar-refractivity contribution in [3.8, 4) is 0 Å². The Balaban J connectivity index is 1.26. The van der Waals surface area contributed by atoms with Crippen LogP contribution in [0, 0.1) is 0 Å². The van der Waals surface area contributed by atoms with E-state index in [4.69, 9.17) is 8.83 Å². The van der Waals surface area contributed by atoms with Gasteiger partial charge in [0.15, 0.2) is 5.58 Å². The van der Waals surface area contributed by atoms with Crippen molar-refractivity contribution in [3.05, 3.63) is 94.6 Å². The van der Waals surface area contributed by atoms with Gasteiger partial charge < -0.3 is 8.83 Å². The quantitative estimate of drug-likeness (QED) is 0.211. The van der Waals surface area contributed by atoms with Crippen LogP contribution in [-0.4, -0.2) is 20.0 Å². The summed E-state index contributed by atoms with van der Waals surface area (Å²) in [5, 5.41) is 11.9. The minimum Gasteiger partial charge on any atom is -0.431 e. The SMILES string of the molecule is O=c1cc(Cn2cc(CSc3nc4ccccc4o3)nn2)c2ccc3ccccc3c2o1. The van der Waals surface area contributed by atoms with Gasteiger partial charge in [-0.25, -0.2) is 14.5 Å². The van der Waals surface area contributed by atoms with Crippen LogP contribution in [0.5, 0.6) is 0 Å². The van der Waals surface area contributed by atoms with Crippen molar-refractivity contribution in [1.29, 1.82) is 0 Å². The van der Waals surface area contributed by atoms with Gasteiger partial charge in [-0.15, -0.1) is 5.10 Å². The van der Waals surface area contributed by atoms with Crippen molar-refractivity contribution in [2.24, 2.45) is 0 Å². The molecule has 6 rings (SSSR count). The Hall–Kier alpha value is -3.91. The van der Waals surface area contributed by atoms with E-state index in [1.807, 2.05) is 66.9 Å². The predicted molar refractivity (Wildman–Crippen MR) is 123 cm³/mol. The average molecular weight is 440 g/mol. The van der Waals surface area contributed by atoms with Crippen LogP contribution in [0.2, 0.25) is 0 Å². The minimum atomic E-state index is -0.379. The monoisotopic (exact) mass is 440 g/mol. The average Bonchev–Trinajstić information content (AvgIpc) is 3.43. The number of benzene rings is 3. The number of nitrogens with zero attached hydrogens (tertiary/aromatic N) is 4. The second-order valence-corrected chi connectivity index (χ2v) is 8.32. The van der Waals surface area contributed by atoms with Gasteiger partial charge in [0, 0.05) is 28.8 Å². The molecule has 0 aliphatic rings. The standard InChI is InChI=1S/C24H16N4O3S/c29-22-11-16(19-10-9-15-5-1-2-6-18(15)23(19)31-22)12-28-13-17(26-27-28)14-32-24-25-20-7-3-4-8-21(20)30-24/h1-11,13H,12,14H2. The molecular formula is C24H16N4O3S. The number of aromatic nitrogens is 4. The van der Waals surface area contributed by atoms with Gasteiger partial charge in [-0.3, -0.25) is 0 Å². The highest BCUT2D eigenvalue weighted by molar-refractivity contribution is 7.98. The van der Waals surface area contributed by atoms with Crippen molar-refractivity contribution >= 4 is 44.6 Å². The van der Waals surface area contributed by atoms with E-state index in [0.717, 1.165) is 38.5 Å². The van der Waals surface area contributed by atoms with Gasteiger partial charge in [-0.05, 0) is 23.1 Å². The van der Waals surface area contributed by atoms with Crippen LogP contribution in [0.25, 0.3) is 32.8 Å². The van der Waals surface area contributed by atoms with Gasteiger partial charge in [0.25, 0.3) is 5.22 Å². The number of fused-ring (bicyclic) bond motifs is 4. The second kappa shape index (κ2) is 7.65. The normalized spacial score (nSPS) is 11.6. The van der Waals surface area contributed by atoms with E-state index in [1.54, 1.807) is 4.68 Å². The van der Waals surface area contributed by atoms with Gasteiger partial charge >= 0.3 is 5.63 Å². The summed E-state index contributed by atoms with van der Waals surface area (Å²) < 4.78 is 13.0. The van der Waals surface area contributed by atoms with Crippen molar-refractivity contribution in [2.75, 3.05) is 0 Å². The molecule has 0 radical (unpaired) electrons. The third kappa shape index (κ3) is 3.44. The minimum absolute atomic E-state index is 0.379. The third-order valence-electron chi connectivity index (χ3n) is 5.26. The number of hydrogen-bond donors (Lipinski definition) is 0. The zero-order chi connectivity index (χ0) is 21.5. The van der Waals surface area contributed by atoms with Crippen molar-refractivity contribution in [2.45, 2.75) is 17.5 Å². The molecule has 0 unspecified atom stereocenters. The van der Waals surface area contributed by atoms with Crippen LogP contribution in [0.3, 0.4) is 0 Å². The van der Waals surface area contributed by atoms with Crippen molar-refractivity contribution < 1.29 is 8.83 Å². The molecule has 6 aromatic rings. The topological polar surface area (TPSA) is 87.0 Å². The third-order valence-corrected chi connectivity index (χ3v) is 6.12. The summed E-state index contributed by atoms with van der Waals surface area (Å²) in [6.07, 6.45) is 1.87. The van der Waals surface area contributed by atoms with Gasteiger partial charge in [-0.1, -0.05) is 65.5 Å². The van der Waals surface area contributed by atoms with E-state index in [1.165, 1.54) is 17.8 Å². The maximum Gasteiger partial charge on any atom is 0.336 e. The molecule has 156 valence electrons. The van der Waals surface area contributed by atoms with Gasteiger partial charge in [0.1, 0.15) is 11.1 Å². The molecule has 3 heterocycles. The fraction of sp³-hybridized carbons (Fsp3) is 0.0833. The zero-order valence-corrected chi connectivity index (χ0v) is 17.6. The van der Waals surface area contributed by atoms with Crippen LogP contribution in [0.15, 0.2) is 91.8 Å². The maximum absolute atomic E-state index is 12.2. The summed E-state index contributed by atoms with van der Waals surface area (Å²) in [5.74, 6) is 0.579. The first kappa shape index (κ1) is 18.8. The molecule has 0 aliphatic carbocycles. The summed E-state index contributed by atoms with van der Waals surface area (Å²) in [6, 6.07) is 21.1. The molecule has 0 spiro atoms. The first-order valence-electron chi connectivity index (χ1n) is 10.0. The fourth-order valence-corrected chi connectivity index (χ4v) is 4.51. The van der Waals surface area contributed by atoms with Crippen molar-refractivity contribution in [3.63, 3.8) is 0 Å². The molecule has 0 aliphatic heterocycles. The first-order valence-corrected chi connectivity index (χ1v) is 11.0. The van der Waals surface area contributed by atoms with E-state index >= 15 is 0 Å². The highest BCUT2D eigenvalue weighted by atomic mass is 32.2. The summed E-state index contributed by atoms with van der Waals surface area (Å²) in [7, 11) is 0. The Morgan fingerprint density at radius 3 is 2.75 bits per heavy atom. The highest BCUT2D eigenvalue weighted by Gasteiger charge is 2.12. The molecule has 0 saturated heterocycles. The molecule has 7 nitrogen and oxygen atoms in total. The Labute approximate surface area is 185 Å². The molecule has 8 heteroatoms. The largest absolute Gasteiger partial charge is 0.431 e. The lowest BCUT2D eigenvalue weighted by molar-refractivity contribution is 0.489. The van der Waals surface area contributed by atoms with Gasteiger partial charge in [0.2, 0.25) is 0 Å². The van der Waals surface area contributed by atoms with Crippen LogP contribution in [0.4, 0.5) is 0 Å². The van der Waals surface area contributed by atoms with Crippen LogP contribution < -0.4 is 5.63 Å². The molecule has 32 heavy (non-hydrogen) atoms. The lowest BCUT2D eigenvalue weighted by Crippen LogP contribution is -2.06. The zero-order valence-electron chi connectivity index (χ0n) is 16.8. The van der Waals surface area contributed by atoms with E-state index in [0.29, 0.717) is 23.1 Å². The Morgan fingerprint density at radius 2 is 1.81 bits per heavy atom. The highest BCUT2D eigenvalue weighted by Crippen LogP contribution is 2.28. The first-order chi connectivity index (χ1) is 15.7. The lowest BCUT2D eigenvalue weighted by atomic mass is 10.0.